The summed E-state index contributed by atoms with van der Waals surface area (Å²) in [6.07, 6.45) is 1.69. The molecule has 5 nitrogen and oxygen atoms in total. The normalized spacial score (nSPS) is 11.2. The molecule has 0 bridgehead atoms. The maximum atomic E-state index is 12.3. The van der Waals surface area contributed by atoms with E-state index in [-0.39, 0.29) is 10.8 Å². The average Bonchev–Trinajstić information content (AvgIpc) is 2.55. The minimum absolute atomic E-state index is 0.139. The lowest BCUT2D eigenvalue weighted by Crippen LogP contribution is -2.24. The predicted octanol–water partition coefficient (Wildman–Crippen LogP) is 3.33. The van der Waals surface area contributed by atoms with E-state index in [1.807, 2.05) is 26.0 Å². The fourth-order valence-corrected chi connectivity index (χ4v) is 3.32. The first-order valence-corrected chi connectivity index (χ1v) is 9.38. The van der Waals surface area contributed by atoms with Crippen LogP contribution in [0.4, 0.5) is 5.69 Å². The van der Waals surface area contributed by atoms with E-state index in [4.69, 9.17) is 0 Å². The fourth-order valence-electron chi connectivity index (χ4n) is 2.20. The highest BCUT2D eigenvalue weighted by atomic mass is 32.2. The number of carbonyl (C=O) groups is 1. The van der Waals surface area contributed by atoms with Crippen LogP contribution >= 0.6 is 0 Å². The molecule has 2 rings (SSSR count). The summed E-state index contributed by atoms with van der Waals surface area (Å²) in [7, 11) is -3.56. The number of nitrogens with one attached hydrogen (secondary N) is 2. The van der Waals surface area contributed by atoms with Gasteiger partial charge < -0.3 is 5.32 Å². The van der Waals surface area contributed by atoms with E-state index in [1.54, 1.807) is 24.3 Å². The summed E-state index contributed by atoms with van der Waals surface area (Å²) in [5.74, 6) is -0.271. The number of carbonyl (C=O) groups excluding carboxylic acids is 1. The Kier molecular flexibility index (Phi) is 6.11. The molecule has 0 heterocycles. The Morgan fingerprint density at radius 2 is 1.83 bits per heavy atom. The predicted molar refractivity (Wildman–Crippen MR) is 95.7 cm³/mol. The minimum atomic E-state index is -3.56. The van der Waals surface area contributed by atoms with Gasteiger partial charge in [0.2, 0.25) is 10.0 Å². The molecule has 0 radical (unpaired) electrons. The number of rotatable bonds is 7. The van der Waals surface area contributed by atoms with Gasteiger partial charge in [0.05, 0.1) is 4.90 Å². The number of amides is 1. The van der Waals surface area contributed by atoms with Crippen LogP contribution in [0.15, 0.2) is 53.4 Å². The van der Waals surface area contributed by atoms with Crippen molar-refractivity contribution < 1.29 is 13.2 Å². The molecule has 0 atom stereocenters. The van der Waals surface area contributed by atoms with Gasteiger partial charge in [-0.05, 0) is 43.7 Å². The molecule has 24 heavy (non-hydrogen) atoms. The SMILES string of the molecule is CCCCNS(=O)(=O)c1cccc(NC(=O)c2cccc(C)c2)c1. The molecule has 0 aromatic heterocycles. The number of unbranched alkanes of at least 4 members (excludes halogenated alkanes) is 1. The second kappa shape index (κ2) is 8.08. The summed E-state index contributed by atoms with van der Waals surface area (Å²) in [6.45, 7) is 4.31. The smallest absolute Gasteiger partial charge is 0.255 e. The number of aryl methyl sites for hydroxylation is 1. The van der Waals surface area contributed by atoms with E-state index in [1.165, 1.54) is 12.1 Å². The van der Waals surface area contributed by atoms with Crippen LogP contribution < -0.4 is 10.0 Å². The molecule has 0 saturated heterocycles. The lowest BCUT2D eigenvalue weighted by atomic mass is 10.1. The standard InChI is InChI=1S/C18H22N2O3S/c1-3-4-11-19-24(22,23)17-10-6-9-16(13-17)20-18(21)15-8-5-7-14(2)12-15/h5-10,12-13,19H,3-4,11H2,1-2H3,(H,20,21). The van der Waals surface area contributed by atoms with Crippen molar-refractivity contribution in [1.82, 2.24) is 4.72 Å². The third kappa shape index (κ3) is 4.91. The molecule has 128 valence electrons. The van der Waals surface area contributed by atoms with Crippen LogP contribution in [0.2, 0.25) is 0 Å². The van der Waals surface area contributed by atoms with Crippen molar-refractivity contribution >= 4 is 21.6 Å². The summed E-state index contributed by atoms with van der Waals surface area (Å²) in [4.78, 5) is 12.4. The van der Waals surface area contributed by atoms with E-state index in [2.05, 4.69) is 10.0 Å². The van der Waals surface area contributed by atoms with Gasteiger partial charge in [-0.3, -0.25) is 4.79 Å². The third-order valence-corrected chi connectivity index (χ3v) is 4.96. The number of sulfonamides is 1. The number of benzene rings is 2. The third-order valence-electron chi connectivity index (χ3n) is 3.50. The molecule has 0 saturated carbocycles. The van der Waals surface area contributed by atoms with Crippen molar-refractivity contribution in [3.05, 3.63) is 59.7 Å². The Morgan fingerprint density at radius 1 is 1.08 bits per heavy atom. The Balaban J connectivity index is 2.14. The summed E-state index contributed by atoms with van der Waals surface area (Å²) in [5, 5.41) is 2.73. The van der Waals surface area contributed by atoms with Crippen LogP contribution in [0.5, 0.6) is 0 Å². The zero-order chi connectivity index (χ0) is 17.6. The highest BCUT2D eigenvalue weighted by Gasteiger charge is 2.14. The maximum absolute atomic E-state index is 12.3. The molecular weight excluding hydrogens is 324 g/mol. The summed E-state index contributed by atoms with van der Waals surface area (Å²) >= 11 is 0. The number of anilines is 1. The molecule has 0 fully saturated rings. The number of hydrogen-bond acceptors (Lipinski definition) is 3. The Labute approximate surface area is 143 Å². The first kappa shape index (κ1) is 18.2. The van der Waals surface area contributed by atoms with Crippen molar-refractivity contribution in [3.63, 3.8) is 0 Å². The zero-order valence-corrected chi connectivity index (χ0v) is 14.7. The maximum Gasteiger partial charge on any atom is 0.255 e. The van der Waals surface area contributed by atoms with Gasteiger partial charge in [-0.1, -0.05) is 37.1 Å². The summed E-state index contributed by atoms with van der Waals surface area (Å²) in [5.41, 5.74) is 1.96. The van der Waals surface area contributed by atoms with Gasteiger partial charge in [0, 0.05) is 17.8 Å². The summed E-state index contributed by atoms with van der Waals surface area (Å²) < 4.78 is 27.0. The van der Waals surface area contributed by atoms with Crippen LogP contribution in [0.25, 0.3) is 0 Å². The summed E-state index contributed by atoms with van der Waals surface area (Å²) in [6, 6.07) is 13.5. The molecule has 6 heteroatoms. The van der Waals surface area contributed by atoms with E-state index in [0.717, 1.165) is 18.4 Å². The molecule has 0 spiro atoms. The topological polar surface area (TPSA) is 75.3 Å². The van der Waals surface area contributed by atoms with Crippen LogP contribution in [0, 0.1) is 6.92 Å². The molecule has 1 amide bonds. The van der Waals surface area contributed by atoms with Gasteiger partial charge in [0.15, 0.2) is 0 Å². The largest absolute Gasteiger partial charge is 0.322 e. The lowest BCUT2D eigenvalue weighted by molar-refractivity contribution is 0.102. The second-order valence-electron chi connectivity index (χ2n) is 5.60. The van der Waals surface area contributed by atoms with Crippen molar-refractivity contribution in [2.24, 2.45) is 0 Å². The molecule has 2 aromatic carbocycles. The van der Waals surface area contributed by atoms with E-state index in [0.29, 0.717) is 17.8 Å². The Hall–Kier alpha value is -2.18. The molecular formula is C18H22N2O3S. The van der Waals surface area contributed by atoms with Crippen LogP contribution in [-0.2, 0) is 10.0 Å². The van der Waals surface area contributed by atoms with Gasteiger partial charge in [-0.25, -0.2) is 13.1 Å². The van der Waals surface area contributed by atoms with Gasteiger partial charge in [-0.2, -0.15) is 0 Å². The Bertz CT molecular complexity index is 817. The average molecular weight is 346 g/mol. The van der Waals surface area contributed by atoms with Crippen molar-refractivity contribution in [2.75, 3.05) is 11.9 Å². The molecule has 2 N–H and O–H groups in total. The first-order valence-electron chi connectivity index (χ1n) is 7.90. The highest BCUT2D eigenvalue weighted by molar-refractivity contribution is 7.89. The first-order chi connectivity index (χ1) is 11.4. The van der Waals surface area contributed by atoms with Crippen LogP contribution in [-0.4, -0.2) is 20.9 Å². The minimum Gasteiger partial charge on any atom is -0.322 e. The number of hydrogen-bond donors (Lipinski definition) is 2. The second-order valence-corrected chi connectivity index (χ2v) is 7.37. The molecule has 0 aliphatic carbocycles. The van der Waals surface area contributed by atoms with E-state index >= 15 is 0 Å². The van der Waals surface area contributed by atoms with Crippen molar-refractivity contribution in [1.29, 1.82) is 0 Å². The highest BCUT2D eigenvalue weighted by Crippen LogP contribution is 2.16. The van der Waals surface area contributed by atoms with Crippen LogP contribution in [0.1, 0.15) is 35.7 Å². The van der Waals surface area contributed by atoms with Gasteiger partial charge in [0.25, 0.3) is 5.91 Å². The van der Waals surface area contributed by atoms with Gasteiger partial charge >= 0.3 is 0 Å². The monoisotopic (exact) mass is 346 g/mol. The van der Waals surface area contributed by atoms with Gasteiger partial charge in [-0.15, -0.1) is 0 Å². The molecule has 0 aliphatic rings. The van der Waals surface area contributed by atoms with E-state index in [9.17, 15) is 13.2 Å². The molecule has 0 unspecified atom stereocenters. The fraction of sp³-hybridized carbons (Fsp3) is 0.278. The molecule has 0 aliphatic heterocycles. The van der Waals surface area contributed by atoms with E-state index < -0.39 is 10.0 Å². The van der Waals surface area contributed by atoms with Crippen LogP contribution in [0.3, 0.4) is 0 Å². The Morgan fingerprint density at radius 3 is 2.54 bits per heavy atom. The van der Waals surface area contributed by atoms with Crippen molar-refractivity contribution in [2.45, 2.75) is 31.6 Å². The molecule has 2 aromatic rings. The lowest BCUT2D eigenvalue weighted by Gasteiger charge is -2.09. The van der Waals surface area contributed by atoms with Gasteiger partial charge in [0.1, 0.15) is 0 Å². The zero-order valence-electron chi connectivity index (χ0n) is 13.9. The van der Waals surface area contributed by atoms with Crippen molar-refractivity contribution in [3.8, 4) is 0 Å². The quantitative estimate of drug-likeness (QED) is 0.755.